The largest absolute Gasteiger partial charge is 0.477 e. The highest BCUT2D eigenvalue weighted by molar-refractivity contribution is 5.96. The predicted molar refractivity (Wildman–Crippen MR) is 116 cm³/mol. The number of hydrogen-bond acceptors (Lipinski definition) is 5. The van der Waals surface area contributed by atoms with Gasteiger partial charge in [-0.1, -0.05) is 18.2 Å². The number of nitrogens with one attached hydrogen (secondary N) is 2. The standard InChI is InChI=1S/C23H22F3N5O3/c24-23(25,26)20-18(13-31(30-20)17-4-2-1-3-5-17)22(33)28-11-10-27-21(32)16-8-9-19(29-12-16)34-14-15-6-7-15/h1-5,8-9,12-13,15H,6-7,10-11,14H2,(H,27,32)(H,28,33). The number of ether oxygens (including phenoxy) is 1. The van der Waals surface area contributed by atoms with E-state index in [1.165, 1.54) is 6.20 Å². The van der Waals surface area contributed by atoms with Crippen LogP contribution >= 0.6 is 0 Å². The van der Waals surface area contributed by atoms with Gasteiger partial charge in [0.1, 0.15) is 0 Å². The Morgan fingerprint density at radius 2 is 1.74 bits per heavy atom. The molecule has 0 bridgehead atoms. The molecule has 2 aromatic heterocycles. The van der Waals surface area contributed by atoms with Crippen LogP contribution in [-0.2, 0) is 6.18 Å². The molecule has 2 N–H and O–H groups in total. The van der Waals surface area contributed by atoms with Gasteiger partial charge in [-0.2, -0.15) is 18.3 Å². The molecule has 0 radical (unpaired) electrons. The van der Waals surface area contributed by atoms with Gasteiger partial charge in [0.25, 0.3) is 11.8 Å². The predicted octanol–water partition coefficient (Wildman–Crippen LogP) is 3.23. The smallest absolute Gasteiger partial charge is 0.435 e. The van der Waals surface area contributed by atoms with E-state index in [0.29, 0.717) is 29.7 Å². The summed E-state index contributed by atoms with van der Waals surface area (Å²) in [6.07, 6.45) is -0.0788. The lowest BCUT2D eigenvalue weighted by molar-refractivity contribution is -0.141. The molecule has 8 nitrogen and oxygen atoms in total. The second kappa shape index (κ2) is 9.94. The van der Waals surface area contributed by atoms with E-state index >= 15 is 0 Å². The van der Waals surface area contributed by atoms with Gasteiger partial charge in [-0.05, 0) is 37.0 Å². The van der Waals surface area contributed by atoms with E-state index in [-0.39, 0.29) is 13.1 Å². The molecule has 3 aromatic rings. The summed E-state index contributed by atoms with van der Waals surface area (Å²) in [7, 11) is 0. The van der Waals surface area contributed by atoms with Gasteiger partial charge >= 0.3 is 6.18 Å². The maximum Gasteiger partial charge on any atom is 0.435 e. The van der Waals surface area contributed by atoms with Crippen molar-refractivity contribution in [1.29, 1.82) is 0 Å². The van der Waals surface area contributed by atoms with Crippen molar-refractivity contribution in [3.05, 3.63) is 71.7 Å². The Balaban J connectivity index is 1.30. The molecule has 178 valence electrons. The zero-order valence-corrected chi connectivity index (χ0v) is 18.0. The van der Waals surface area contributed by atoms with E-state index < -0.39 is 29.2 Å². The van der Waals surface area contributed by atoms with Crippen LogP contribution in [-0.4, -0.2) is 46.3 Å². The number of nitrogens with zero attached hydrogens (tertiary/aromatic N) is 3. The number of amides is 2. The molecule has 0 atom stereocenters. The summed E-state index contributed by atoms with van der Waals surface area (Å²) in [5.74, 6) is -0.349. The monoisotopic (exact) mass is 473 g/mol. The second-order valence-electron chi connectivity index (χ2n) is 7.82. The Morgan fingerprint density at radius 3 is 2.35 bits per heavy atom. The number of alkyl halides is 3. The van der Waals surface area contributed by atoms with E-state index in [1.54, 1.807) is 42.5 Å². The SMILES string of the molecule is O=C(NCCNC(=O)c1cn(-c2ccccc2)nc1C(F)(F)F)c1ccc(OCC2CC2)nc1. The zero-order chi connectivity index (χ0) is 24.1. The maximum atomic E-state index is 13.4. The van der Waals surface area contributed by atoms with Gasteiger partial charge in [0.2, 0.25) is 5.88 Å². The fourth-order valence-corrected chi connectivity index (χ4v) is 3.10. The lowest BCUT2D eigenvalue weighted by Gasteiger charge is -2.09. The third-order valence-electron chi connectivity index (χ3n) is 5.11. The highest BCUT2D eigenvalue weighted by Crippen LogP contribution is 2.31. The van der Waals surface area contributed by atoms with Crippen molar-refractivity contribution in [1.82, 2.24) is 25.4 Å². The van der Waals surface area contributed by atoms with Crippen LogP contribution in [0.3, 0.4) is 0 Å². The van der Waals surface area contributed by atoms with Crippen LogP contribution in [0.4, 0.5) is 13.2 Å². The van der Waals surface area contributed by atoms with Crippen LogP contribution < -0.4 is 15.4 Å². The Kier molecular flexibility index (Phi) is 6.80. The van der Waals surface area contributed by atoms with Crippen molar-refractivity contribution < 1.29 is 27.5 Å². The fourth-order valence-electron chi connectivity index (χ4n) is 3.10. The molecule has 2 heterocycles. The van der Waals surface area contributed by atoms with Gasteiger partial charge in [-0.15, -0.1) is 0 Å². The number of para-hydroxylation sites is 1. The van der Waals surface area contributed by atoms with Crippen LogP contribution in [0.2, 0.25) is 0 Å². The summed E-state index contributed by atoms with van der Waals surface area (Å²) in [5.41, 5.74) is -1.20. The molecule has 34 heavy (non-hydrogen) atoms. The molecule has 2 amide bonds. The molecule has 0 saturated heterocycles. The molecule has 4 rings (SSSR count). The fraction of sp³-hybridized carbons (Fsp3) is 0.304. The van der Waals surface area contributed by atoms with Gasteiger partial charge in [-0.25, -0.2) is 9.67 Å². The quantitative estimate of drug-likeness (QED) is 0.465. The highest BCUT2D eigenvalue weighted by atomic mass is 19.4. The van der Waals surface area contributed by atoms with Gasteiger partial charge < -0.3 is 15.4 Å². The van der Waals surface area contributed by atoms with Gasteiger partial charge in [0.15, 0.2) is 5.69 Å². The second-order valence-corrected chi connectivity index (χ2v) is 7.82. The summed E-state index contributed by atoms with van der Waals surface area (Å²) in [5, 5.41) is 8.51. The van der Waals surface area contributed by atoms with Crippen LogP contribution in [0.15, 0.2) is 54.9 Å². The minimum absolute atomic E-state index is 0.0126. The molecule has 1 fully saturated rings. The molecule has 1 saturated carbocycles. The minimum Gasteiger partial charge on any atom is -0.477 e. The first kappa shape index (κ1) is 23.3. The molecule has 0 unspecified atom stereocenters. The van der Waals surface area contributed by atoms with Crippen LogP contribution in [0.5, 0.6) is 5.88 Å². The molecular weight excluding hydrogens is 451 g/mol. The van der Waals surface area contributed by atoms with Crippen LogP contribution in [0.1, 0.15) is 39.3 Å². The first-order valence-electron chi connectivity index (χ1n) is 10.7. The molecular formula is C23H22F3N5O3. The molecule has 1 aromatic carbocycles. The topological polar surface area (TPSA) is 98.1 Å². The van der Waals surface area contributed by atoms with E-state index in [2.05, 4.69) is 20.7 Å². The summed E-state index contributed by atoms with van der Waals surface area (Å²) < 4.78 is 46.8. The van der Waals surface area contributed by atoms with Crippen molar-refractivity contribution in [2.45, 2.75) is 19.0 Å². The number of carbonyl (C=O) groups is 2. The summed E-state index contributed by atoms with van der Waals surface area (Å²) >= 11 is 0. The first-order valence-corrected chi connectivity index (χ1v) is 10.7. The average Bonchev–Trinajstić information content (AvgIpc) is 3.55. The third-order valence-corrected chi connectivity index (χ3v) is 5.11. The van der Waals surface area contributed by atoms with E-state index in [0.717, 1.165) is 23.7 Å². The maximum absolute atomic E-state index is 13.4. The number of pyridine rings is 1. The van der Waals surface area contributed by atoms with E-state index in [4.69, 9.17) is 4.74 Å². The third kappa shape index (κ3) is 5.91. The number of carbonyl (C=O) groups excluding carboxylic acids is 2. The van der Waals surface area contributed by atoms with Crippen molar-refractivity contribution in [3.63, 3.8) is 0 Å². The van der Waals surface area contributed by atoms with E-state index in [9.17, 15) is 22.8 Å². The number of benzene rings is 1. The minimum atomic E-state index is -4.80. The number of rotatable bonds is 9. The van der Waals surface area contributed by atoms with Crippen molar-refractivity contribution in [2.24, 2.45) is 5.92 Å². The number of aromatic nitrogens is 3. The number of halogens is 3. The summed E-state index contributed by atoms with van der Waals surface area (Å²) in [6, 6.07) is 11.3. The van der Waals surface area contributed by atoms with E-state index in [1.807, 2.05) is 0 Å². The number of hydrogen-bond donors (Lipinski definition) is 2. The van der Waals surface area contributed by atoms with Crippen molar-refractivity contribution >= 4 is 11.8 Å². The van der Waals surface area contributed by atoms with Gasteiger partial charge in [0.05, 0.1) is 23.4 Å². The Labute approximate surface area is 193 Å². The molecule has 0 aliphatic heterocycles. The van der Waals surface area contributed by atoms with Gasteiger partial charge in [-0.3, -0.25) is 9.59 Å². The Morgan fingerprint density at radius 1 is 1.03 bits per heavy atom. The lowest BCUT2D eigenvalue weighted by atomic mass is 10.2. The molecule has 1 aliphatic rings. The lowest BCUT2D eigenvalue weighted by Crippen LogP contribution is -2.35. The summed E-state index contributed by atoms with van der Waals surface area (Å²) in [6.45, 7) is 0.547. The van der Waals surface area contributed by atoms with Crippen LogP contribution in [0, 0.1) is 5.92 Å². The highest BCUT2D eigenvalue weighted by Gasteiger charge is 2.39. The molecule has 1 aliphatic carbocycles. The van der Waals surface area contributed by atoms with Gasteiger partial charge in [0, 0.05) is 31.5 Å². The zero-order valence-electron chi connectivity index (χ0n) is 18.0. The Hall–Kier alpha value is -3.89. The van der Waals surface area contributed by atoms with Crippen molar-refractivity contribution in [2.75, 3.05) is 19.7 Å². The molecule has 0 spiro atoms. The first-order chi connectivity index (χ1) is 16.3. The Bertz CT molecular complexity index is 1140. The summed E-state index contributed by atoms with van der Waals surface area (Å²) in [4.78, 5) is 28.7. The average molecular weight is 473 g/mol. The van der Waals surface area contributed by atoms with Crippen LogP contribution in [0.25, 0.3) is 5.69 Å². The normalized spacial score (nSPS) is 13.4. The van der Waals surface area contributed by atoms with Crippen molar-refractivity contribution in [3.8, 4) is 11.6 Å². The molecule has 11 heteroatoms.